The number of carbonyl (C=O) groups is 4. The second-order valence-corrected chi connectivity index (χ2v) is 13.7. The van der Waals surface area contributed by atoms with Gasteiger partial charge in [-0.2, -0.15) is 10.5 Å². The van der Waals surface area contributed by atoms with E-state index in [2.05, 4.69) is 32.9 Å². The minimum Gasteiger partial charge on any atom is -0.274 e. The third-order valence-electron chi connectivity index (χ3n) is 10.3. The quantitative estimate of drug-likeness (QED) is 0.0863. The molecular formula is C40H36N4O4. The lowest BCUT2D eigenvalue weighted by Gasteiger charge is -2.32. The monoisotopic (exact) mass is 636 g/mol. The maximum absolute atomic E-state index is 14.0. The first-order valence-corrected chi connectivity index (χ1v) is 17.0. The molecule has 2 aliphatic heterocycles. The van der Waals surface area contributed by atoms with Crippen LogP contribution in [0.5, 0.6) is 0 Å². The summed E-state index contributed by atoms with van der Waals surface area (Å²) >= 11 is 0. The van der Waals surface area contributed by atoms with Crippen LogP contribution in [0.15, 0.2) is 36.4 Å². The normalized spacial score (nSPS) is 15.6. The van der Waals surface area contributed by atoms with Gasteiger partial charge < -0.3 is 0 Å². The topological polar surface area (TPSA) is 122 Å². The minimum absolute atomic E-state index is 0.0884. The average molecular weight is 637 g/mol. The number of hydrogen-bond donors (Lipinski definition) is 0. The molecule has 240 valence electrons. The van der Waals surface area contributed by atoms with E-state index >= 15 is 0 Å². The fourth-order valence-electron chi connectivity index (χ4n) is 7.99. The van der Waals surface area contributed by atoms with E-state index in [1.54, 1.807) is 36.4 Å². The molecule has 0 fully saturated rings. The Kier molecular flexibility index (Phi) is 7.63. The summed E-state index contributed by atoms with van der Waals surface area (Å²) in [5.41, 5.74) is 1.79. The number of amides is 4. The van der Waals surface area contributed by atoms with Gasteiger partial charge in [-0.25, -0.2) is 0 Å². The van der Waals surface area contributed by atoms with Gasteiger partial charge >= 0.3 is 0 Å². The Morgan fingerprint density at radius 3 is 1.35 bits per heavy atom. The molecule has 0 spiro atoms. The summed E-state index contributed by atoms with van der Waals surface area (Å²) in [6.07, 6.45) is 5.81. The van der Waals surface area contributed by atoms with Crippen LogP contribution in [0.1, 0.15) is 119 Å². The van der Waals surface area contributed by atoms with Crippen molar-refractivity contribution in [2.45, 2.75) is 66.2 Å². The molecule has 5 aromatic carbocycles. The van der Waals surface area contributed by atoms with E-state index in [-0.39, 0.29) is 52.4 Å². The van der Waals surface area contributed by atoms with E-state index in [4.69, 9.17) is 0 Å². The number of hydrogen-bond acceptors (Lipinski definition) is 6. The Labute approximate surface area is 278 Å². The van der Waals surface area contributed by atoms with Crippen LogP contribution >= 0.6 is 0 Å². The molecule has 2 unspecified atom stereocenters. The fraction of sp³-hybridized carbons (Fsp3) is 0.350. The van der Waals surface area contributed by atoms with Crippen LogP contribution < -0.4 is 0 Å². The Hall–Kier alpha value is -5.34. The number of benzene rings is 5. The first-order chi connectivity index (χ1) is 23.2. The molecule has 2 heterocycles. The number of imide groups is 2. The summed E-state index contributed by atoms with van der Waals surface area (Å²) in [6, 6.07) is 14.7. The lowest BCUT2D eigenvalue weighted by Crippen LogP contribution is -2.43. The van der Waals surface area contributed by atoms with Crippen molar-refractivity contribution >= 4 is 66.7 Å². The highest BCUT2D eigenvalue weighted by molar-refractivity contribution is 6.42. The maximum atomic E-state index is 14.0. The molecule has 4 amide bonds. The molecule has 0 radical (unpaired) electrons. The molecule has 0 aromatic heterocycles. The summed E-state index contributed by atoms with van der Waals surface area (Å²) in [4.78, 5) is 58.5. The Morgan fingerprint density at radius 2 is 0.958 bits per heavy atom. The number of nitriles is 2. The third kappa shape index (κ3) is 4.39. The Balaban J connectivity index is 1.51. The zero-order valence-electron chi connectivity index (χ0n) is 27.7. The largest absolute Gasteiger partial charge is 0.274 e. The number of fused-ring (bicyclic) bond motifs is 2. The van der Waals surface area contributed by atoms with Gasteiger partial charge in [0.15, 0.2) is 0 Å². The predicted molar refractivity (Wildman–Crippen MR) is 185 cm³/mol. The number of rotatable bonds is 10. The number of unbranched alkanes of at least 4 members (excludes halogenated alkanes) is 2. The van der Waals surface area contributed by atoms with Crippen molar-refractivity contribution in [1.29, 1.82) is 10.5 Å². The highest BCUT2D eigenvalue weighted by Gasteiger charge is 2.39. The van der Waals surface area contributed by atoms with E-state index in [0.717, 1.165) is 38.5 Å². The SMILES string of the molecule is CCCCC(C)CN1C(=O)c2ccc3c4c(C#N)cc5c6c(cc(C#N)c(c7ccc(c2c37)C1=O)c64)C(=O)N(CC(C)CCCC)C5=O. The van der Waals surface area contributed by atoms with Crippen LogP contribution in [0.2, 0.25) is 0 Å². The van der Waals surface area contributed by atoms with Gasteiger partial charge in [-0.1, -0.05) is 65.5 Å². The molecule has 0 saturated carbocycles. The molecule has 0 aliphatic carbocycles. The molecule has 0 saturated heterocycles. The lowest BCUT2D eigenvalue weighted by molar-refractivity contribution is 0.0571. The van der Waals surface area contributed by atoms with E-state index < -0.39 is 11.8 Å². The number of carbonyl (C=O) groups excluding carboxylic acids is 4. The molecule has 5 aromatic rings. The zero-order valence-corrected chi connectivity index (χ0v) is 27.7. The van der Waals surface area contributed by atoms with Crippen LogP contribution in [0.3, 0.4) is 0 Å². The van der Waals surface area contributed by atoms with Crippen molar-refractivity contribution < 1.29 is 19.2 Å². The average Bonchev–Trinajstić information content (AvgIpc) is 3.10. The van der Waals surface area contributed by atoms with Gasteiger partial charge in [0.05, 0.1) is 34.4 Å². The second kappa shape index (κ2) is 11.7. The molecule has 48 heavy (non-hydrogen) atoms. The van der Waals surface area contributed by atoms with Gasteiger partial charge in [-0.15, -0.1) is 0 Å². The molecule has 2 atom stereocenters. The summed E-state index contributed by atoms with van der Waals surface area (Å²) in [7, 11) is 0. The van der Waals surface area contributed by atoms with Crippen molar-refractivity contribution in [3.8, 4) is 12.1 Å². The Morgan fingerprint density at radius 1 is 0.562 bits per heavy atom. The highest BCUT2D eigenvalue weighted by atomic mass is 16.2. The summed E-state index contributed by atoms with van der Waals surface area (Å²) in [5, 5.41) is 25.4. The van der Waals surface area contributed by atoms with Crippen LogP contribution in [-0.4, -0.2) is 46.5 Å². The summed E-state index contributed by atoms with van der Waals surface area (Å²) < 4.78 is 0. The van der Waals surface area contributed by atoms with E-state index in [1.165, 1.54) is 9.80 Å². The maximum Gasteiger partial charge on any atom is 0.261 e. The molecule has 7 rings (SSSR count). The van der Waals surface area contributed by atoms with E-state index in [0.29, 0.717) is 60.8 Å². The van der Waals surface area contributed by atoms with Crippen molar-refractivity contribution in [2.75, 3.05) is 13.1 Å². The van der Waals surface area contributed by atoms with Crippen molar-refractivity contribution in [2.24, 2.45) is 11.8 Å². The van der Waals surface area contributed by atoms with Gasteiger partial charge in [0.2, 0.25) is 0 Å². The molecule has 8 heteroatoms. The smallest absolute Gasteiger partial charge is 0.261 e. The molecule has 2 aliphatic rings. The first-order valence-electron chi connectivity index (χ1n) is 17.0. The third-order valence-corrected chi connectivity index (χ3v) is 10.3. The lowest BCUT2D eigenvalue weighted by atomic mass is 9.79. The van der Waals surface area contributed by atoms with E-state index in [9.17, 15) is 29.7 Å². The van der Waals surface area contributed by atoms with Gasteiger partial charge in [0.1, 0.15) is 0 Å². The highest BCUT2D eigenvalue weighted by Crippen LogP contribution is 2.48. The van der Waals surface area contributed by atoms with Crippen LogP contribution in [-0.2, 0) is 0 Å². The van der Waals surface area contributed by atoms with Gasteiger partial charge in [-0.05, 0) is 65.1 Å². The van der Waals surface area contributed by atoms with Gasteiger partial charge in [-0.3, -0.25) is 29.0 Å². The minimum atomic E-state index is -0.449. The molecule has 0 N–H and O–H groups in total. The van der Waals surface area contributed by atoms with E-state index in [1.807, 2.05) is 6.92 Å². The second-order valence-electron chi connectivity index (χ2n) is 13.7. The standard InChI is InChI=1S/C40H36N4O4/c1-5-7-9-21(3)19-43-37(45)27-13-11-25-31-23(17-41)15-29-35-30(40(48)44(39(29)47)20-22(4)10-8-6-2)16-24(18-42)32(36(31)35)26-12-14-28(38(43)46)34(27)33(25)26/h11-16,21-22H,5-10,19-20H2,1-4H3. The summed E-state index contributed by atoms with van der Waals surface area (Å²) in [5.74, 6) is -1.38. The van der Waals surface area contributed by atoms with Gasteiger partial charge in [0.25, 0.3) is 23.6 Å². The van der Waals surface area contributed by atoms with Crippen LogP contribution in [0, 0.1) is 34.5 Å². The Bertz CT molecular complexity index is 2190. The zero-order chi connectivity index (χ0) is 34.0. The molecule has 0 bridgehead atoms. The van der Waals surface area contributed by atoms with Gasteiger partial charge in [0, 0.05) is 51.1 Å². The van der Waals surface area contributed by atoms with Crippen LogP contribution in [0.25, 0.3) is 43.1 Å². The van der Waals surface area contributed by atoms with Crippen molar-refractivity contribution in [3.05, 3.63) is 69.8 Å². The molecular weight excluding hydrogens is 600 g/mol. The number of nitrogens with zero attached hydrogens (tertiary/aromatic N) is 4. The fourth-order valence-corrected chi connectivity index (χ4v) is 7.99. The van der Waals surface area contributed by atoms with Crippen LogP contribution in [0.4, 0.5) is 0 Å². The van der Waals surface area contributed by atoms with Crippen molar-refractivity contribution in [1.82, 2.24) is 9.80 Å². The first kappa shape index (κ1) is 31.3. The molecule has 8 nitrogen and oxygen atoms in total. The predicted octanol–water partition coefficient (Wildman–Crippen LogP) is 8.33. The van der Waals surface area contributed by atoms with Crippen molar-refractivity contribution in [3.63, 3.8) is 0 Å². The summed E-state index contributed by atoms with van der Waals surface area (Å²) in [6.45, 7) is 8.85.